The molecule has 0 aliphatic carbocycles. The summed E-state index contributed by atoms with van der Waals surface area (Å²) in [6, 6.07) is 0.378. The maximum absolute atomic E-state index is 12.5. The van der Waals surface area contributed by atoms with Gasteiger partial charge in [0.05, 0.1) is 0 Å². The van der Waals surface area contributed by atoms with Crippen LogP contribution in [0.5, 0.6) is 0 Å². The summed E-state index contributed by atoms with van der Waals surface area (Å²) in [6.45, 7) is 13.8. The van der Waals surface area contributed by atoms with Gasteiger partial charge in [-0.3, -0.25) is 4.79 Å². The smallest absolute Gasteiger partial charge is 0.224 e. The molecule has 3 heteroatoms. The van der Waals surface area contributed by atoms with E-state index in [1.807, 2.05) is 0 Å². The minimum Gasteiger partial charge on any atom is -0.342 e. The second-order valence-corrected chi connectivity index (χ2v) is 6.97. The van der Waals surface area contributed by atoms with Crippen LogP contribution in [0.2, 0.25) is 0 Å². The molecule has 1 aliphatic heterocycles. The molecule has 112 valence electrons. The summed E-state index contributed by atoms with van der Waals surface area (Å²) >= 11 is 0. The summed E-state index contributed by atoms with van der Waals surface area (Å²) in [7, 11) is 0. The topological polar surface area (TPSA) is 32.3 Å². The first-order valence-corrected chi connectivity index (χ1v) is 7.91. The Morgan fingerprint density at radius 2 is 1.79 bits per heavy atom. The van der Waals surface area contributed by atoms with Crippen LogP contribution in [0.1, 0.15) is 53.9 Å². The van der Waals surface area contributed by atoms with E-state index in [4.69, 9.17) is 0 Å². The van der Waals surface area contributed by atoms with Crippen LogP contribution in [0.25, 0.3) is 0 Å². The Morgan fingerprint density at radius 1 is 1.21 bits per heavy atom. The number of rotatable bonds is 6. The highest BCUT2D eigenvalue weighted by Crippen LogP contribution is 2.19. The van der Waals surface area contributed by atoms with Crippen molar-refractivity contribution in [3.05, 3.63) is 0 Å². The van der Waals surface area contributed by atoms with Gasteiger partial charge in [-0.1, -0.05) is 34.6 Å². The van der Waals surface area contributed by atoms with Gasteiger partial charge in [-0.15, -0.1) is 0 Å². The molecule has 0 radical (unpaired) electrons. The number of nitrogens with zero attached hydrogens (tertiary/aromatic N) is 1. The molecule has 1 saturated heterocycles. The molecule has 1 rings (SSSR count). The quantitative estimate of drug-likeness (QED) is 0.803. The molecule has 19 heavy (non-hydrogen) atoms. The molecule has 0 aromatic heterocycles. The molecule has 1 amide bonds. The van der Waals surface area contributed by atoms with E-state index < -0.39 is 0 Å². The lowest BCUT2D eigenvalue weighted by atomic mass is 9.90. The van der Waals surface area contributed by atoms with Gasteiger partial charge < -0.3 is 10.2 Å². The maximum Gasteiger partial charge on any atom is 0.224 e. The molecule has 3 nitrogen and oxygen atoms in total. The molecular weight excluding hydrogens is 236 g/mol. The molecule has 0 bridgehead atoms. The van der Waals surface area contributed by atoms with Crippen molar-refractivity contribution in [1.29, 1.82) is 0 Å². The zero-order chi connectivity index (χ0) is 14.4. The van der Waals surface area contributed by atoms with Crippen LogP contribution >= 0.6 is 0 Å². The van der Waals surface area contributed by atoms with Crippen LogP contribution in [-0.2, 0) is 4.79 Å². The first-order chi connectivity index (χ1) is 8.90. The van der Waals surface area contributed by atoms with Gasteiger partial charge in [0.15, 0.2) is 0 Å². The standard InChI is InChI=1S/C16H32N2O/c1-12(2)10-18(11-13(3)4)16(19)9-15-14(5)7-6-8-17-15/h12-15,17H,6-11H2,1-5H3. The van der Waals surface area contributed by atoms with Crippen LogP contribution < -0.4 is 5.32 Å². The van der Waals surface area contributed by atoms with Crippen LogP contribution in [0.3, 0.4) is 0 Å². The lowest BCUT2D eigenvalue weighted by Gasteiger charge is -2.33. The van der Waals surface area contributed by atoms with Crippen LogP contribution in [-0.4, -0.2) is 36.5 Å². The highest BCUT2D eigenvalue weighted by atomic mass is 16.2. The molecule has 2 atom stereocenters. The van der Waals surface area contributed by atoms with Crippen molar-refractivity contribution in [3.63, 3.8) is 0 Å². The van der Waals surface area contributed by atoms with E-state index in [0.717, 1.165) is 19.6 Å². The minimum absolute atomic E-state index is 0.327. The SMILES string of the molecule is CC(C)CN(CC(C)C)C(=O)CC1NCCCC1C. The highest BCUT2D eigenvalue weighted by Gasteiger charge is 2.26. The van der Waals surface area contributed by atoms with Crippen molar-refractivity contribution in [3.8, 4) is 0 Å². The summed E-state index contributed by atoms with van der Waals surface area (Å²) in [5.41, 5.74) is 0. The van der Waals surface area contributed by atoms with Gasteiger partial charge >= 0.3 is 0 Å². The fraction of sp³-hybridized carbons (Fsp3) is 0.938. The Balaban J connectivity index is 2.54. The lowest BCUT2D eigenvalue weighted by Crippen LogP contribution is -2.45. The van der Waals surface area contributed by atoms with Crippen LogP contribution in [0, 0.1) is 17.8 Å². The molecule has 0 saturated carbocycles. The predicted octanol–water partition coefficient (Wildman–Crippen LogP) is 2.91. The molecule has 1 N–H and O–H groups in total. The van der Waals surface area contributed by atoms with Crippen molar-refractivity contribution in [2.45, 2.75) is 59.9 Å². The maximum atomic E-state index is 12.5. The van der Waals surface area contributed by atoms with Crippen LogP contribution in [0.15, 0.2) is 0 Å². The first-order valence-electron chi connectivity index (χ1n) is 7.91. The Bertz CT molecular complexity index is 266. The van der Waals surface area contributed by atoms with E-state index in [2.05, 4.69) is 44.8 Å². The number of hydrogen-bond acceptors (Lipinski definition) is 2. The largest absolute Gasteiger partial charge is 0.342 e. The molecule has 2 unspecified atom stereocenters. The van der Waals surface area contributed by atoms with Crippen molar-refractivity contribution < 1.29 is 4.79 Å². The van der Waals surface area contributed by atoms with E-state index in [9.17, 15) is 4.79 Å². The normalized spacial score (nSPS) is 23.9. The summed E-state index contributed by atoms with van der Waals surface area (Å²) < 4.78 is 0. The Kier molecular flexibility index (Phi) is 6.84. The van der Waals surface area contributed by atoms with Gasteiger partial charge in [0.25, 0.3) is 0 Å². The van der Waals surface area contributed by atoms with Crippen molar-refractivity contribution in [1.82, 2.24) is 10.2 Å². The molecule has 1 aliphatic rings. The zero-order valence-electron chi connectivity index (χ0n) is 13.4. The number of carbonyl (C=O) groups is 1. The minimum atomic E-state index is 0.327. The average Bonchev–Trinajstić information content (AvgIpc) is 2.30. The monoisotopic (exact) mass is 268 g/mol. The van der Waals surface area contributed by atoms with E-state index in [0.29, 0.717) is 36.1 Å². The second-order valence-electron chi connectivity index (χ2n) is 6.97. The zero-order valence-corrected chi connectivity index (χ0v) is 13.4. The number of nitrogens with one attached hydrogen (secondary N) is 1. The number of amides is 1. The fourth-order valence-corrected chi connectivity index (χ4v) is 2.86. The molecule has 0 aromatic carbocycles. The van der Waals surface area contributed by atoms with E-state index in [1.165, 1.54) is 12.8 Å². The van der Waals surface area contributed by atoms with Crippen molar-refractivity contribution in [2.24, 2.45) is 17.8 Å². The third kappa shape index (κ3) is 5.94. The first kappa shape index (κ1) is 16.5. The Labute approximate surface area is 119 Å². The third-order valence-electron chi connectivity index (χ3n) is 3.85. The van der Waals surface area contributed by atoms with E-state index in [1.54, 1.807) is 0 Å². The summed E-state index contributed by atoms with van der Waals surface area (Å²) in [6.07, 6.45) is 3.16. The molecular formula is C16H32N2O. The van der Waals surface area contributed by atoms with Crippen molar-refractivity contribution >= 4 is 5.91 Å². The number of carbonyl (C=O) groups excluding carboxylic acids is 1. The summed E-state index contributed by atoms with van der Waals surface area (Å²) in [5.74, 6) is 2.03. The molecule has 0 aromatic rings. The van der Waals surface area contributed by atoms with Gasteiger partial charge in [0.1, 0.15) is 0 Å². The molecule has 0 spiro atoms. The second kappa shape index (κ2) is 7.88. The summed E-state index contributed by atoms with van der Waals surface area (Å²) in [4.78, 5) is 14.6. The highest BCUT2D eigenvalue weighted by molar-refractivity contribution is 5.77. The van der Waals surface area contributed by atoms with E-state index in [-0.39, 0.29) is 0 Å². The van der Waals surface area contributed by atoms with Gasteiger partial charge in [0, 0.05) is 25.6 Å². The van der Waals surface area contributed by atoms with E-state index >= 15 is 0 Å². The van der Waals surface area contributed by atoms with Gasteiger partial charge in [-0.25, -0.2) is 0 Å². The predicted molar refractivity (Wildman–Crippen MR) is 81.1 cm³/mol. The molecule has 1 fully saturated rings. The van der Waals surface area contributed by atoms with Gasteiger partial charge in [-0.05, 0) is 37.1 Å². The average molecular weight is 268 g/mol. The van der Waals surface area contributed by atoms with Gasteiger partial charge in [0.2, 0.25) is 5.91 Å². The number of piperidine rings is 1. The lowest BCUT2D eigenvalue weighted by molar-refractivity contribution is -0.133. The van der Waals surface area contributed by atoms with Crippen molar-refractivity contribution in [2.75, 3.05) is 19.6 Å². The number of hydrogen-bond donors (Lipinski definition) is 1. The van der Waals surface area contributed by atoms with Crippen LogP contribution in [0.4, 0.5) is 0 Å². The van der Waals surface area contributed by atoms with Gasteiger partial charge in [-0.2, -0.15) is 0 Å². The Morgan fingerprint density at radius 3 is 2.26 bits per heavy atom. The molecule has 1 heterocycles. The Hall–Kier alpha value is -0.570. The summed E-state index contributed by atoms with van der Waals surface area (Å²) in [5, 5.41) is 3.51. The fourth-order valence-electron chi connectivity index (χ4n) is 2.86. The third-order valence-corrected chi connectivity index (χ3v) is 3.85.